The molecule has 1 aromatic heterocycles. The summed E-state index contributed by atoms with van der Waals surface area (Å²) in [5.41, 5.74) is 3.10. The maximum Gasteiger partial charge on any atom is 0.191 e. The lowest BCUT2D eigenvalue weighted by Gasteiger charge is -2.14. The van der Waals surface area contributed by atoms with Gasteiger partial charge in [0.2, 0.25) is 0 Å². The molecule has 0 bridgehead atoms. The molecule has 5 nitrogen and oxygen atoms in total. The first kappa shape index (κ1) is 22.0. The molecule has 2 aromatic carbocycles. The van der Waals surface area contributed by atoms with E-state index in [1.165, 1.54) is 6.07 Å². The molecule has 0 aliphatic carbocycles. The predicted molar refractivity (Wildman–Crippen MR) is 123 cm³/mol. The molecule has 28 heavy (non-hydrogen) atoms. The third-order valence-corrected chi connectivity index (χ3v) is 4.36. The first-order chi connectivity index (χ1) is 13.2. The van der Waals surface area contributed by atoms with Crippen molar-refractivity contribution in [1.29, 1.82) is 0 Å². The van der Waals surface area contributed by atoms with Crippen LogP contribution in [0.4, 0.5) is 4.39 Å². The smallest absolute Gasteiger partial charge is 0.191 e. The van der Waals surface area contributed by atoms with E-state index < -0.39 is 0 Å². The van der Waals surface area contributed by atoms with Crippen molar-refractivity contribution in [2.75, 3.05) is 20.2 Å². The van der Waals surface area contributed by atoms with E-state index in [0.29, 0.717) is 25.7 Å². The highest BCUT2D eigenvalue weighted by Gasteiger charge is 2.07. The topological polar surface area (TPSA) is 61.4 Å². The largest absolute Gasteiger partial charge is 0.494 e. The molecular formula is C21H26FIN4O. The van der Waals surface area contributed by atoms with Gasteiger partial charge in [0, 0.05) is 42.8 Å². The minimum absolute atomic E-state index is 0. The number of benzene rings is 2. The molecule has 3 aromatic rings. The second-order valence-electron chi connectivity index (χ2n) is 6.15. The van der Waals surface area contributed by atoms with Gasteiger partial charge in [-0.15, -0.1) is 24.0 Å². The number of hydrogen-bond donors (Lipinski definition) is 3. The summed E-state index contributed by atoms with van der Waals surface area (Å²) in [6.07, 6.45) is 2.69. The van der Waals surface area contributed by atoms with Gasteiger partial charge in [-0.05, 0) is 43.2 Å². The van der Waals surface area contributed by atoms with Gasteiger partial charge in [0.05, 0.1) is 6.61 Å². The van der Waals surface area contributed by atoms with Crippen LogP contribution in [0.2, 0.25) is 0 Å². The van der Waals surface area contributed by atoms with Gasteiger partial charge in [0.15, 0.2) is 5.96 Å². The van der Waals surface area contributed by atoms with Gasteiger partial charge in [0.1, 0.15) is 11.6 Å². The molecule has 7 heteroatoms. The highest BCUT2D eigenvalue weighted by molar-refractivity contribution is 14.0. The summed E-state index contributed by atoms with van der Waals surface area (Å²) in [6, 6.07) is 12.7. The van der Waals surface area contributed by atoms with Crippen molar-refractivity contribution in [2.24, 2.45) is 4.99 Å². The summed E-state index contributed by atoms with van der Waals surface area (Å²) in [5, 5.41) is 7.52. The summed E-state index contributed by atoms with van der Waals surface area (Å²) >= 11 is 0. The fourth-order valence-corrected chi connectivity index (χ4v) is 3.02. The van der Waals surface area contributed by atoms with Gasteiger partial charge in [-0.2, -0.15) is 0 Å². The average molecular weight is 496 g/mol. The Labute approximate surface area is 181 Å². The molecule has 0 saturated heterocycles. The Bertz CT molecular complexity index is 926. The molecule has 3 rings (SSSR count). The van der Waals surface area contributed by atoms with E-state index in [1.807, 2.05) is 37.4 Å². The molecule has 0 aliphatic rings. The Morgan fingerprint density at radius 1 is 1.14 bits per heavy atom. The number of nitrogens with zero attached hydrogens (tertiary/aromatic N) is 1. The summed E-state index contributed by atoms with van der Waals surface area (Å²) in [5.74, 6) is 1.37. The normalized spacial score (nSPS) is 11.2. The number of aromatic nitrogens is 1. The zero-order valence-corrected chi connectivity index (χ0v) is 18.4. The number of para-hydroxylation sites is 1. The van der Waals surface area contributed by atoms with E-state index in [2.05, 4.69) is 20.6 Å². The molecule has 1 heterocycles. The lowest BCUT2D eigenvalue weighted by atomic mass is 10.1. The van der Waals surface area contributed by atoms with Crippen molar-refractivity contribution in [3.8, 4) is 5.75 Å². The molecular weight excluding hydrogens is 470 g/mol. The van der Waals surface area contributed by atoms with Gasteiger partial charge in [-0.1, -0.05) is 18.2 Å². The monoisotopic (exact) mass is 496 g/mol. The van der Waals surface area contributed by atoms with Crippen LogP contribution in [0.5, 0.6) is 5.75 Å². The van der Waals surface area contributed by atoms with Crippen molar-refractivity contribution < 1.29 is 9.13 Å². The quantitative estimate of drug-likeness (QED) is 0.261. The fourth-order valence-electron chi connectivity index (χ4n) is 3.02. The highest BCUT2D eigenvalue weighted by atomic mass is 127. The molecule has 0 fully saturated rings. The number of H-pyrrole nitrogens is 1. The van der Waals surface area contributed by atoms with E-state index in [4.69, 9.17) is 4.74 Å². The minimum Gasteiger partial charge on any atom is -0.494 e. The van der Waals surface area contributed by atoms with Gasteiger partial charge >= 0.3 is 0 Å². The van der Waals surface area contributed by atoms with Crippen LogP contribution in [-0.4, -0.2) is 31.1 Å². The summed E-state index contributed by atoms with van der Waals surface area (Å²) in [7, 11) is 1.74. The second-order valence-corrected chi connectivity index (χ2v) is 6.15. The SMILES string of the molecule is CCOc1ccccc1CNC(=NC)NCCc1c[nH]c2ccc(F)cc12.I. The minimum atomic E-state index is -0.221. The predicted octanol–water partition coefficient (Wildman–Crippen LogP) is 4.23. The van der Waals surface area contributed by atoms with Gasteiger partial charge < -0.3 is 20.4 Å². The number of ether oxygens (including phenoxy) is 1. The van der Waals surface area contributed by atoms with E-state index in [-0.39, 0.29) is 29.8 Å². The summed E-state index contributed by atoms with van der Waals surface area (Å²) in [6.45, 7) is 3.92. The summed E-state index contributed by atoms with van der Waals surface area (Å²) < 4.78 is 19.1. The van der Waals surface area contributed by atoms with E-state index in [9.17, 15) is 4.39 Å². The number of aromatic amines is 1. The van der Waals surface area contributed by atoms with E-state index in [0.717, 1.165) is 34.2 Å². The van der Waals surface area contributed by atoms with Crippen LogP contribution in [0, 0.1) is 5.82 Å². The molecule has 0 aliphatic heterocycles. The Hall–Kier alpha value is -2.29. The van der Waals surface area contributed by atoms with Gasteiger partial charge in [-0.3, -0.25) is 4.99 Å². The van der Waals surface area contributed by atoms with Crippen molar-refractivity contribution in [1.82, 2.24) is 15.6 Å². The van der Waals surface area contributed by atoms with E-state index in [1.54, 1.807) is 19.2 Å². The van der Waals surface area contributed by atoms with Gasteiger partial charge in [-0.25, -0.2) is 4.39 Å². The lowest BCUT2D eigenvalue weighted by molar-refractivity contribution is 0.336. The number of halogens is 2. The molecule has 150 valence electrons. The Morgan fingerprint density at radius 3 is 2.75 bits per heavy atom. The Morgan fingerprint density at radius 2 is 1.96 bits per heavy atom. The number of guanidine groups is 1. The third kappa shape index (κ3) is 5.60. The first-order valence-electron chi connectivity index (χ1n) is 9.12. The van der Waals surface area contributed by atoms with Crippen LogP contribution >= 0.6 is 24.0 Å². The van der Waals surface area contributed by atoms with Crippen LogP contribution in [-0.2, 0) is 13.0 Å². The van der Waals surface area contributed by atoms with Gasteiger partial charge in [0.25, 0.3) is 0 Å². The molecule has 0 unspecified atom stereocenters. The zero-order valence-electron chi connectivity index (χ0n) is 16.1. The molecule has 0 atom stereocenters. The Balaban J connectivity index is 0.00000280. The summed E-state index contributed by atoms with van der Waals surface area (Å²) in [4.78, 5) is 7.44. The number of aliphatic imine (C=N–C) groups is 1. The average Bonchev–Trinajstić information content (AvgIpc) is 3.08. The molecule has 0 amide bonds. The van der Waals surface area contributed by atoms with Crippen LogP contribution in [0.15, 0.2) is 53.7 Å². The van der Waals surface area contributed by atoms with Crippen molar-refractivity contribution in [3.05, 3.63) is 65.6 Å². The van der Waals surface area contributed by atoms with Crippen LogP contribution in [0.25, 0.3) is 10.9 Å². The molecule has 0 radical (unpaired) electrons. The second kappa shape index (κ2) is 10.9. The van der Waals surface area contributed by atoms with Crippen molar-refractivity contribution in [2.45, 2.75) is 19.9 Å². The van der Waals surface area contributed by atoms with Crippen LogP contribution < -0.4 is 15.4 Å². The standard InChI is InChI=1S/C21H25FN4O.HI/c1-3-27-20-7-5-4-6-16(20)14-26-21(23-2)24-11-10-15-13-25-19-9-8-17(22)12-18(15)19;/h4-9,12-13,25H,3,10-11,14H2,1-2H3,(H2,23,24,26);1H. The van der Waals surface area contributed by atoms with Crippen LogP contribution in [0.3, 0.4) is 0 Å². The number of hydrogen-bond acceptors (Lipinski definition) is 2. The third-order valence-electron chi connectivity index (χ3n) is 4.36. The first-order valence-corrected chi connectivity index (χ1v) is 9.12. The number of nitrogens with one attached hydrogen (secondary N) is 3. The highest BCUT2D eigenvalue weighted by Crippen LogP contribution is 2.20. The maximum absolute atomic E-state index is 13.5. The van der Waals surface area contributed by atoms with Crippen molar-refractivity contribution in [3.63, 3.8) is 0 Å². The molecule has 0 spiro atoms. The zero-order chi connectivity index (χ0) is 19.1. The van der Waals surface area contributed by atoms with Crippen molar-refractivity contribution >= 4 is 40.8 Å². The number of fused-ring (bicyclic) bond motifs is 1. The fraction of sp³-hybridized carbons (Fsp3) is 0.286. The molecule has 3 N–H and O–H groups in total. The Kier molecular flexibility index (Phi) is 8.56. The van der Waals surface area contributed by atoms with Crippen LogP contribution in [0.1, 0.15) is 18.1 Å². The van der Waals surface area contributed by atoms with E-state index >= 15 is 0 Å². The number of rotatable bonds is 7. The molecule has 0 saturated carbocycles. The maximum atomic E-state index is 13.5. The lowest BCUT2D eigenvalue weighted by Crippen LogP contribution is -2.37.